The molecule has 3 aromatic rings. The first kappa shape index (κ1) is 23.1. The largest absolute Gasteiger partial charge is 0.337 e. The van der Waals surface area contributed by atoms with E-state index in [1.54, 1.807) is 36.2 Å². The first-order valence-electron chi connectivity index (χ1n) is 11.0. The first-order valence-corrected chi connectivity index (χ1v) is 12.4. The van der Waals surface area contributed by atoms with Crippen molar-refractivity contribution < 1.29 is 17.7 Å². The van der Waals surface area contributed by atoms with Gasteiger partial charge < -0.3 is 9.42 Å². The summed E-state index contributed by atoms with van der Waals surface area (Å²) in [5.74, 6) is 0.567. The highest BCUT2D eigenvalue weighted by molar-refractivity contribution is 7.89. The van der Waals surface area contributed by atoms with Crippen LogP contribution in [0.1, 0.15) is 29.9 Å². The van der Waals surface area contributed by atoms with E-state index in [9.17, 15) is 13.2 Å². The number of hydrogen-bond donors (Lipinski definition) is 0. The van der Waals surface area contributed by atoms with Gasteiger partial charge in [0.25, 0.3) is 0 Å². The van der Waals surface area contributed by atoms with Gasteiger partial charge in [-0.2, -0.15) is 9.29 Å². The molecule has 2 heterocycles. The van der Waals surface area contributed by atoms with Crippen LogP contribution in [0, 0.1) is 19.8 Å². The number of aryl methyl sites for hydroxylation is 2. The summed E-state index contributed by atoms with van der Waals surface area (Å²) in [5, 5.41) is 4.01. The molecule has 1 fully saturated rings. The van der Waals surface area contributed by atoms with Gasteiger partial charge in [0.2, 0.25) is 27.6 Å². The Morgan fingerprint density at radius 3 is 2.21 bits per heavy atom. The molecule has 33 heavy (non-hydrogen) atoms. The molecular weight excluding hydrogens is 440 g/mol. The van der Waals surface area contributed by atoms with Crippen molar-refractivity contribution in [2.75, 3.05) is 20.1 Å². The van der Waals surface area contributed by atoms with Crippen LogP contribution < -0.4 is 0 Å². The average molecular weight is 469 g/mol. The Bertz CT molecular complexity index is 1210. The van der Waals surface area contributed by atoms with Crippen molar-refractivity contribution in [2.24, 2.45) is 5.92 Å². The lowest BCUT2D eigenvalue weighted by Gasteiger charge is -2.32. The van der Waals surface area contributed by atoms with Crippen LogP contribution in [0.4, 0.5) is 0 Å². The van der Waals surface area contributed by atoms with E-state index >= 15 is 0 Å². The molecule has 1 amide bonds. The Balaban J connectivity index is 1.34. The zero-order chi connectivity index (χ0) is 23.6. The summed E-state index contributed by atoms with van der Waals surface area (Å²) in [6, 6.07) is 14.7. The molecule has 0 aliphatic carbocycles. The van der Waals surface area contributed by atoms with Crippen molar-refractivity contribution in [3.05, 3.63) is 65.5 Å². The van der Waals surface area contributed by atoms with Crippen LogP contribution in [0.25, 0.3) is 11.4 Å². The Morgan fingerprint density at radius 1 is 1.03 bits per heavy atom. The first-order chi connectivity index (χ1) is 15.7. The van der Waals surface area contributed by atoms with Crippen LogP contribution in [0.2, 0.25) is 0 Å². The molecule has 0 saturated carbocycles. The second-order valence-corrected chi connectivity index (χ2v) is 10.5. The zero-order valence-electron chi connectivity index (χ0n) is 19.1. The summed E-state index contributed by atoms with van der Waals surface area (Å²) in [6.45, 7) is 4.77. The standard InChI is InChI=1S/C24H28N4O4S/c1-17-4-8-19(9-5-17)23-25-22(32-26-23)16-27(3)24(29)20-12-14-28(15-13-20)33(30,31)21-10-6-18(2)7-11-21/h4-11,20H,12-16H2,1-3H3. The van der Waals surface area contributed by atoms with Crippen molar-refractivity contribution in [3.8, 4) is 11.4 Å². The molecule has 1 aliphatic rings. The van der Waals surface area contributed by atoms with Crippen molar-refractivity contribution >= 4 is 15.9 Å². The maximum absolute atomic E-state index is 12.9. The van der Waals surface area contributed by atoms with Crippen molar-refractivity contribution in [1.29, 1.82) is 0 Å². The maximum Gasteiger partial charge on any atom is 0.246 e. The van der Waals surface area contributed by atoms with Crippen LogP contribution in [0.3, 0.4) is 0 Å². The number of carbonyl (C=O) groups is 1. The average Bonchev–Trinajstić information content (AvgIpc) is 3.28. The quantitative estimate of drug-likeness (QED) is 0.550. The summed E-state index contributed by atoms with van der Waals surface area (Å²) in [6.07, 6.45) is 0.958. The number of amides is 1. The number of rotatable bonds is 6. The number of hydrogen-bond acceptors (Lipinski definition) is 6. The Kier molecular flexibility index (Phi) is 6.62. The number of benzene rings is 2. The molecule has 2 aromatic carbocycles. The van der Waals surface area contributed by atoms with Crippen LogP contribution >= 0.6 is 0 Å². The van der Waals surface area contributed by atoms with Crippen LogP contribution in [-0.4, -0.2) is 53.8 Å². The second-order valence-electron chi connectivity index (χ2n) is 8.56. The highest BCUT2D eigenvalue weighted by Gasteiger charge is 2.33. The summed E-state index contributed by atoms with van der Waals surface area (Å²) in [4.78, 5) is 19.2. The number of nitrogens with zero attached hydrogens (tertiary/aromatic N) is 4. The van der Waals surface area contributed by atoms with Gasteiger partial charge in [0.1, 0.15) is 0 Å². The van der Waals surface area contributed by atoms with Crippen molar-refractivity contribution in [3.63, 3.8) is 0 Å². The molecule has 1 saturated heterocycles. The summed E-state index contributed by atoms with van der Waals surface area (Å²) >= 11 is 0. The van der Waals surface area contributed by atoms with Crippen LogP contribution in [0.5, 0.6) is 0 Å². The van der Waals surface area contributed by atoms with Gasteiger partial charge in [0, 0.05) is 31.6 Å². The van der Waals surface area contributed by atoms with Crippen LogP contribution in [0.15, 0.2) is 57.9 Å². The third-order valence-electron chi connectivity index (χ3n) is 5.99. The molecule has 174 valence electrons. The molecule has 1 aliphatic heterocycles. The van der Waals surface area contributed by atoms with E-state index in [4.69, 9.17) is 4.52 Å². The molecule has 0 atom stereocenters. The second kappa shape index (κ2) is 9.44. The van der Waals surface area contributed by atoms with E-state index in [1.807, 2.05) is 38.1 Å². The van der Waals surface area contributed by atoms with Crippen molar-refractivity contribution in [2.45, 2.75) is 38.1 Å². The van der Waals surface area contributed by atoms with E-state index in [1.165, 1.54) is 4.31 Å². The van der Waals surface area contributed by atoms with E-state index in [0.29, 0.717) is 37.6 Å². The molecule has 0 bridgehead atoms. The number of aromatic nitrogens is 2. The maximum atomic E-state index is 12.9. The van der Waals surface area contributed by atoms with E-state index < -0.39 is 10.0 Å². The predicted octanol–water partition coefficient (Wildman–Crippen LogP) is 3.41. The van der Waals surface area contributed by atoms with Gasteiger partial charge in [-0.05, 0) is 38.8 Å². The van der Waals surface area contributed by atoms with Crippen molar-refractivity contribution in [1.82, 2.24) is 19.3 Å². The molecule has 0 N–H and O–H groups in total. The Labute approximate surface area is 194 Å². The lowest BCUT2D eigenvalue weighted by atomic mass is 9.97. The molecule has 0 radical (unpaired) electrons. The molecule has 4 rings (SSSR count). The fraction of sp³-hybridized carbons (Fsp3) is 0.375. The minimum atomic E-state index is -3.55. The van der Waals surface area contributed by atoms with Gasteiger partial charge in [0.05, 0.1) is 11.4 Å². The summed E-state index contributed by atoms with van der Waals surface area (Å²) in [5.41, 5.74) is 3.01. The number of sulfonamides is 1. The molecular formula is C24H28N4O4S. The normalized spacial score (nSPS) is 15.5. The predicted molar refractivity (Wildman–Crippen MR) is 124 cm³/mol. The Hall–Kier alpha value is -3.04. The highest BCUT2D eigenvalue weighted by Crippen LogP contribution is 2.26. The summed E-state index contributed by atoms with van der Waals surface area (Å²) < 4.78 is 32.6. The van der Waals surface area contributed by atoms with E-state index in [0.717, 1.165) is 16.7 Å². The minimum Gasteiger partial charge on any atom is -0.337 e. The number of piperidine rings is 1. The molecule has 1 aromatic heterocycles. The van der Waals surface area contributed by atoms with Gasteiger partial charge in [-0.3, -0.25) is 4.79 Å². The van der Waals surface area contributed by atoms with E-state index in [-0.39, 0.29) is 23.3 Å². The van der Waals surface area contributed by atoms with Gasteiger partial charge in [0.15, 0.2) is 0 Å². The molecule has 0 spiro atoms. The topological polar surface area (TPSA) is 96.6 Å². The monoisotopic (exact) mass is 468 g/mol. The Morgan fingerprint density at radius 2 is 1.61 bits per heavy atom. The fourth-order valence-electron chi connectivity index (χ4n) is 3.93. The van der Waals surface area contributed by atoms with Gasteiger partial charge in [-0.15, -0.1) is 0 Å². The molecule has 0 unspecified atom stereocenters. The SMILES string of the molecule is Cc1ccc(-c2noc(CN(C)C(=O)C3CCN(S(=O)(=O)c4ccc(C)cc4)CC3)n2)cc1. The third-order valence-corrected chi connectivity index (χ3v) is 7.90. The fourth-order valence-corrected chi connectivity index (χ4v) is 5.40. The van der Waals surface area contributed by atoms with Crippen LogP contribution in [-0.2, 0) is 21.4 Å². The smallest absolute Gasteiger partial charge is 0.246 e. The summed E-state index contributed by atoms with van der Waals surface area (Å²) in [7, 11) is -1.85. The third kappa shape index (κ3) is 5.15. The number of carbonyl (C=O) groups excluding carboxylic acids is 1. The molecule has 8 nitrogen and oxygen atoms in total. The highest BCUT2D eigenvalue weighted by atomic mass is 32.2. The lowest BCUT2D eigenvalue weighted by Crippen LogP contribution is -2.43. The van der Waals surface area contributed by atoms with E-state index in [2.05, 4.69) is 10.1 Å². The van der Waals surface area contributed by atoms with Gasteiger partial charge in [-0.25, -0.2) is 8.42 Å². The van der Waals surface area contributed by atoms with Gasteiger partial charge in [-0.1, -0.05) is 52.7 Å². The lowest BCUT2D eigenvalue weighted by molar-refractivity contribution is -0.136. The molecule has 9 heteroatoms. The van der Waals surface area contributed by atoms with Gasteiger partial charge >= 0.3 is 0 Å². The zero-order valence-corrected chi connectivity index (χ0v) is 19.9. The minimum absolute atomic E-state index is 0.0440.